The zero-order valence-corrected chi connectivity index (χ0v) is 17.8. The molecule has 2 aliphatic heterocycles. The molecule has 0 N–H and O–H groups in total. The number of fused-ring (bicyclic) bond motifs is 1. The Morgan fingerprint density at radius 1 is 1.07 bits per heavy atom. The van der Waals surface area contributed by atoms with Crippen molar-refractivity contribution in [1.82, 2.24) is 9.80 Å². The second kappa shape index (κ2) is 9.81. The van der Waals surface area contributed by atoms with E-state index in [0.29, 0.717) is 13.4 Å². The van der Waals surface area contributed by atoms with E-state index >= 15 is 0 Å². The Hall–Kier alpha value is -1.79. The smallest absolute Gasteiger partial charge is 0.189 e. The minimum atomic E-state index is 0.327. The summed E-state index contributed by atoms with van der Waals surface area (Å²) in [6.45, 7) is 7.40. The van der Waals surface area contributed by atoms with Crippen molar-refractivity contribution in [2.45, 2.75) is 26.0 Å². The zero-order valence-electron chi connectivity index (χ0n) is 17.0. The largest absolute Gasteiger partial charge is 0.497 e. The normalized spacial score (nSPS) is 17.6. The third kappa shape index (κ3) is 5.23. The number of ether oxygens (including phenoxy) is 3. The highest BCUT2D eigenvalue weighted by Crippen LogP contribution is 2.32. The molecule has 0 spiro atoms. The predicted octanol–water partition coefficient (Wildman–Crippen LogP) is 3.97. The summed E-state index contributed by atoms with van der Waals surface area (Å²) in [5, 5.41) is 0.820. The summed E-state index contributed by atoms with van der Waals surface area (Å²) in [6, 6.07) is 12.3. The molecule has 2 aromatic rings. The van der Waals surface area contributed by atoms with Crippen molar-refractivity contribution in [3.63, 3.8) is 0 Å². The van der Waals surface area contributed by atoms with Crippen LogP contribution in [0, 0.1) is 0 Å². The van der Waals surface area contributed by atoms with Crippen LogP contribution in [0.25, 0.3) is 0 Å². The van der Waals surface area contributed by atoms with Crippen molar-refractivity contribution in [2.24, 2.45) is 0 Å². The van der Waals surface area contributed by atoms with Gasteiger partial charge in [-0.2, -0.15) is 0 Å². The van der Waals surface area contributed by atoms with Gasteiger partial charge in [0.2, 0.25) is 0 Å². The molecular formula is C23H29ClN2O3. The van der Waals surface area contributed by atoms with E-state index in [1.807, 2.05) is 18.2 Å². The number of rotatable bonds is 7. The fourth-order valence-electron chi connectivity index (χ4n) is 4.14. The molecule has 29 heavy (non-hydrogen) atoms. The Morgan fingerprint density at radius 3 is 2.72 bits per heavy atom. The minimum Gasteiger partial charge on any atom is -0.497 e. The maximum atomic E-state index is 6.46. The summed E-state index contributed by atoms with van der Waals surface area (Å²) in [7, 11) is 1.72. The van der Waals surface area contributed by atoms with Crippen molar-refractivity contribution in [2.75, 3.05) is 46.6 Å². The topological polar surface area (TPSA) is 34.2 Å². The average Bonchev–Trinajstić information content (AvgIpc) is 2.76. The standard InChI is InChI=1S/C23H29ClN2O3/c1-27-19-5-2-4-18(14-19)15-26-12-10-25(11-13-26)9-3-6-20-21-16-28-17-29-23(21)8-7-22(20)24/h2,4-5,7-8,14H,3,6,9-13,15-17H2,1H3. The van der Waals surface area contributed by atoms with Gasteiger partial charge in [-0.1, -0.05) is 23.7 Å². The number of benzene rings is 2. The molecule has 2 aliphatic rings. The van der Waals surface area contributed by atoms with E-state index in [1.165, 1.54) is 11.1 Å². The lowest BCUT2D eigenvalue weighted by molar-refractivity contribution is -0.0168. The van der Waals surface area contributed by atoms with Gasteiger partial charge >= 0.3 is 0 Å². The zero-order chi connectivity index (χ0) is 20.1. The van der Waals surface area contributed by atoms with Crippen molar-refractivity contribution in [3.8, 4) is 11.5 Å². The maximum absolute atomic E-state index is 6.46. The van der Waals surface area contributed by atoms with Gasteiger partial charge in [-0.05, 0) is 54.8 Å². The SMILES string of the molecule is COc1cccc(CN2CCN(CCCc3c(Cl)ccc4c3COCO4)CC2)c1. The van der Waals surface area contributed by atoms with E-state index in [1.54, 1.807) is 7.11 Å². The van der Waals surface area contributed by atoms with Crippen LogP contribution in [0.1, 0.15) is 23.1 Å². The van der Waals surface area contributed by atoms with E-state index in [2.05, 4.69) is 28.0 Å². The first-order valence-electron chi connectivity index (χ1n) is 10.3. The van der Waals surface area contributed by atoms with Gasteiger partial charge in [0.15, 0.2) is 6.79 Å². The van der Waals surface area contributed by atoms with Gasteiger partial charge in [-0.3, -0.25) is 4.90 Å². The summed E-state index contributed by atoms with van der Waals surface area (Å²) in [5.41, 5.74) is 3.61. The van der Waals surface area contributed by atoms with Crippen LogP contribution in [0.2, 0.25) is 5.02 Å². The first-order chi connectivity index (χ1) is 14.2. The quantitative estimate of drug-likeness (QED) is 0.682. The highest BCUT2D eigenvalue weighted by atomic mass is 35.5. The first kappa shape index (κ1) is 20.5. The van der Waals surface area contributed by atoms with Crippen LogP contribution in [0.5, 0.6) is 11.5 Å². The Morgan fingerprint density at radius 2 is 1.90 bits per heavy atom. The van der Waals surface area contributed by atoms with Crippen molar-refractivity contribution in [3.05, 3.63) is 58.1 Å². The van der Waals surface area contributed by atoms with E-state index in [0.717, 1.165) is 74.2 Å². The Kier molecular flexibility index (Phi) is 6.93. The molecule has 0 radical (unpaired) electrons. The average molecular weight is 417 g/mol. The second-order valence-electron chi connectivity index (χ2n) is 7.69. The van der Waals surface area contributed by atoms with Gasteiger partial charge in [0.25, 0.3) is 0 Å². The third-order valence-corrected chi connectivity index (χ3v) is 6.14. The monoisotopic (exact) mass is 416 g/mol. The lowest BCUT2D eigenvalue weighted by Crippen LogP contribution is -2.46. The van der Waals surface area contributed by atoms with Crippen LogP contribution in [-0.2, 0) is 24.3 Å². The van der Waals surface area contributed by atoms with E-state index in [4.69, 9.17) is 25.8 Å². The van der Waals surface area contributed by atoms with Gasteiger partial charge in [0, 0.05) is 43.3 Å². The van der Waals surface area contributed by atoms with Crippen LogP contribution in [-0.4, -0.2) is 56.4 Å². The van der Waals surface area contributed by atoms with Crippen molar-refractivity contribution >= 4 is 11.6 Å². The lowest BCUT2D eigenvalue weighted by Gasteiger charge is -2.34. The summed E-state index contributed by atoms with van der Waals surface area (Å²) in [4.78, 5) is 5.07. The number of halogens is 1. The summed E-state index contributed by atoms with van der Waals surface area (Å²) < 4.78 is 16.4. The number of piperazine rings is 1. The number of hydrogen-bond acceptors (Lipinski definition) is 5. The van der Waals surface area contributed by atoms with Crippen LogP contribution >= 0.6 is 11.6 Å². The molecule has 156 valence electrons. The molecule has 6 heteroatoms. The molecule has 1 fully saturated rings. The van der Waals surface area contributed by atoms with Crippen LogP contribution in [0.4, 0.5) is 0 Å². The van der Waals surface area contributed by atoms with Gasteiger partial charge < -0.3 is 19.1 Å². The summed E-state index contributed by atoms with van der Waals surface area (Å²) in [5.74, 6) is 1.85. The third-order valence-electron chi connectivity index (χ3n) is 5.78. The highest BCUT2D eigenvalue weighted by molar-refractivity contribution is 6.31. The molecule has 2 heterocycles. The second-order valence-corrected chi connectivity index (χ2v) is 8.09. The molecule has 0 aliphatic carbocycles. The lowest BCUT2D eigenvalue weighted by atomic mass is 10.0. The fraction of sp³-hybridized carbons (Fsp3) is 0.478. The number of methoxy groups -OCH3 is 1. The maximum Gasteiger partial charge on any atom is 0.189 e. The first-order valence-corrected chi connectivity index (χ1v) is 10.7. The number of nitrogens with zero attached hydrogens (tertiary/aromatic N) is 2. The summed E-state index contributed by atoms with van der Waals surface area (Å²) in [6.07, 6.45) is 2.05. The number of hydrogen-bond donors (Lipinski definition) is 0. The Balaban J connectivity index is 1.24. The fourth-order valence-corrected chi connectivity index (χ4v) is 4.41. The minimum absolute atomic E-state index is 0.327. The van der Waals surface area contributed by atoms with Crippen LogP contribution in [0.3, 0.4) is 0 Å². The molecule has 0 amide bonds. The summed E-state index contributed by atoms with van der Waals surface area (Å²) >= 11 is 6.46. The van der Waals surface area contributed by atoms with E-state index in [-0.39, 0.29) is 0 Å². The molecule has 0 bridgehead atoms. The van der Waals surface area contributed by atoms with E-state index in [9.17, 15) is 0 Å². The van der Waals surface area contributed by atoms with Gasteiger partial charge in [-0.25, -0.2) is 0 Å². The Bertz CT molecular complexity index is 822. The molecule has 0 unspecified atom stereocenters. The molecule has 2 aromatic carbocycles. The van der Waals surface area contributed by atoms with Gasteiger partial charge in [0.05, 0.1) is 13.7 Å². The molecule has 1 saturated heterocycles. The van der Waals surface area contributed by atoms with Crippen LogP contribution < -0.4 is 9.47 Å². The van der Waals surface area contributed by atoms with Crippen LogP contribution in [0.15, 0.2) is 36.4 Å². The molecule has 4 rings (SSSR count). The highest BCUT2D eigenvalue weighted by Gasteiger charge is 2.19. The predicted molar refractivity (Wildman–Crippen MR) is 115 cm³/mol. The molecular weight excluding hydrogens is 388 g/mol. The van der Waals surface area contributed by atoms with Crippen molar-refractivity contribution < 1.29 is 14.2 Å². The van der Waals surface area contributed by atoms with Gasteiger partial charge in [0.1, 0.15) is 11.5 Å². The Labute approximate surface area is 178 Å². The molecule has 0 saturated carbocycles. The molecule has 0 atom stereocenters. The molecule has 0 aromatic heterocycles. The van der Waals surface area contributed by atoms with E-state index < -0.39 is 0 Å². The molecule has 5 nitrogen and oxygen atoms in total. The van der Waals surface area contributed by atoms with Crippen molar-refractivity contribution in [1.29, 1.82) is 0 Å². The van der Waals surface area contributed by atoms with Gasteiger partial charge in [-0.15, -0.1) is 0 Å².